The van der Waals surface area contributed by atoms with Crippen LogP contribution in [0.4, 0.5) is 11.9 Å². The van der Waals surface area contributed by atoms with E-state index in [9.17, 15) is 0 Å². The Morgan fingerprint density at radius 2 is 1.86 bits per heavy atom. The molecule has 0 radical (unpaired) electrons. The normalized spacial score (nSPS) is 16.9. The second-order valence-electron chi connectivity index (χ2n) is 5.99. The number of hydrogen-bond donors (Lipinski definition) is 2. The summed E-state index contributed by atoms with van der Waals surface area (Å²) in [5.74, 6) is 7.00. The minimum absolute atomic E-state index is 0.0623. The molecule has 118 valence electrons. The Balaban J connectivity index is 2.12. The molecule has 1 atom stereocenters. The number of piperidine rings is 1. The summed E-state index contributed by atoms with van der Waals surface area (Å²) in [6, 6.07) is 0.340. The number of nitrogen functional groups attached to an aromatic ring is 1. The fourth-order valence-electron chi connectivity index (χ4n) is 2.59. The smallest absolute Gasteiger partial charge is 0.323 e. The van der Waals surface area contributed by atoms with Gasteiger partial charge in [0.1, 0.15) is 0 Å². The highest BCUT2D eigenvalue weighted by atomic mass is 16.5. The molecule has 1 unspecified atom stereocenters. The van der Waals surface area contributed by atoms with Crippen molar-refractivity contribution >= 4 is 11.9 Å². The topological polar surface area (TPSA) is 89.2 Å². The van der Waals surface area contributed by atoms with Gasteiger partial charge in [0, 0.05) is 13.1 Å². The average Bonchev–Trinajstić information content (AvgIpc) is 2.46. The first kappa shape index (κ1) is 15.8. The highest BCUT2D eigenvalue weighted by Crippen LogP contribution is 2.20. The minimum Gasteiger partial charge on any atom is -0.460 e. The van der Waals surface area contributed by atoms with Crippen LogP contribution in [0.25, 0.3) is 0 Å². The van der Waals surface area contributed by atoms with E-state index in [1.54, 1.807) is 0 Å². The van der Waals surface area contributed by atoms with Crippen molar-refractivity contribution in [2.45, 2.75) is 52.6 Å². The van der Waals surface area contributed by atoms with Crippen molar-refractivity contribution < 1.29 is 4.74 Å². The van der Waals surface area contributed by atoms with Crippen LogP contribution in [0.15, 0.2) is 0 Å². The van der Waals surface area contributed by atoms with Gasteiger partial charge in [0.05, 0.1) is 6.10 Å². The lowest BCUT2D eigenvalue weighted by atomic mass is 10.1. The van der Waals surface area contributed by atoms with E-state index in [0.717, 1.165) is 32.4 Å². The van der Waals surface area contributed by atoms with Crippen molar-refractivity contribution in [3.63, 3.8) is 0 Å². The lowest BCUT2D eigenvalue weighted by Gasteiger charge is -2.27. The highest BCUT2D eigenvalue weighted by Gasteiger charge is 2.17. The summed E-state index contributed by atoms with van der Waals surface area (Å²) in [6.45, 7) is 8.29. The van der Waals surface area contributed by atoms with Crippen LogP contribution in [0.2, 0.25) is 0 Å². The van der Waals surface area contributed by atoms with E-state index in [1.807, 2.05) is 6.92 Å². The molecular weight excluding hydrogens is 268 g/mol. The van der Waals surface area contributed by atoms with Gasteiger partial charge in [-0.2, -0.15) is 15.0 Å². The average molecular weight is 294 g/mol. The number of hydrazine groups is 1. The van der Waals surface area contributed by atoms with Crippen molar-refractivity contribution in [1.29, 1.82) is 0 Å². The standard InChI is InChI=1S/C14H26N6O/c1-10(2)9-11(3)21-14-17-12(19-15)16-13(18-14)20-7-5-4-6-8-20/h10-11H,4-9,15H2,1-3H3,(H,16,17,18,19). The Labute approximate surface area is 126 Å². The van der Waals surface area contributed by atoms with E-state index in [2.05, 4.69) is 39.1 Å². The maximum atomic E-state index is 5.81. The molecule has 0 amide bonds. The van der Waals surface area contributed by atoms with Crippen LogP contribution in [-0.2, 0) is 0 Å². The summed E-state index contributed by atoms with van der Waals surface area (Å²) in [7, 11) is 0. The fourth-order valence-corrected chi connectivity index (χ4v) is 2.59. The second kappa shape index (κ2) is 7.40. The largest absolute Gasteiger partial charge is 0.460 e. The summed E-state index contributed by atoms with van der Waals surface area (Å²) in [5.41, 5.74) is 2.49. The van der Waals surface area contributed by atoms with E-state index in [1.165, 1.54) is 6.42 Å². The first-order chi connectivity index (χ1) is 10.1. The molecule has 7 heteroatoms. The van der Waals surface area contributed by atoms with E-state index in [-0.39, 0.29) is 6.10 Å². The van der Waals surface area contributed by atoms with Gasteiger partial charge in [-0.3, -0.25) is 5.43 Å². The highest BCUT2D eigenvalue weighted by molar-refractivity contribution is 5.38. The Bertz CT molecular complexity index is 447. The Hall–Kier alpha value is -1.63. The molecule has 1 aromatic rings. The van der Waals surface area contributed by atoms with Gasteiger partial charge in [0.2, 0.25) is 11.9 Å². The third-order valence-electron chi connectivity index (χ3n) is 3.48. The predicted molar refractivity (Wildman–Crippen MR) is 83.2 cm³/mol. The molecule has 3 N–H and O–H groups in total. The van der Waals surface area contributed by atoms with Crippen LogP contribution in [0.5, 0.6) is 6.01 Å². The van der Waals surface area contributed by atoms with Gasteiger partial charge in [-0.05, 0) is 38.5 Å². The van der Waals surface area contributed by atoms with Gasteiger partial charge < -0.3 is 9.64 Å². The molecule has 7 nitrogen and oxygen atoms in total. The summed E-state index contributed by atoms with van der Waals surface area (Å²) < 4.78 is 5.81. The Morgan fingerprint density at radius 1 is 1.14 bits per heavy atom. The minimum atomic E-state index is 0.0623. The van der Waals surface area contributed by atoms with Gasteiger partial charge in [0.15, 0.2) is 0 Å². The first-order valence-corrected chi connectivity index (χ1v) is 7.72. The number of anilines is 2. The number of ether oxygens (including phenoxy) is 1. The zero-order chi connectivity index (χ0) is 15.2. The summed E-state index contributed by atoms with van der Waals surface area (Å²) >= 11 is 0. The van der Waals surface area contributed by atoms with Crippen molar-refractivity contribution in [3.05, 3.63) is 0 Å². The lowest BCUT2D eigenvalue weighted by molar-refractivity contribution is 0.177. The first-order valence-electron chi connectivity index (χ1n) is 7.72. The number of rotatable bonds is 6. The zero-order valence-corrected chi connectivity index (χ0v) is 13.2. The number of nitrogens with one attached hydrogen (secondary N) is 1. The maximum Gasteiger partial charge on any atom is 0.323 e. The van der Waals surface area contributed by atoms with Gasteiger partial charge in [0.25, 0.3) is 0 Å². The van der Waals surface area contributed by atoms with Crippen LogP contribution >= 0.6 is 0 Å². The quantitative estimate of drug-likeness (QED) is 0.612. The van der Waals surface area contributed by atoms with Gasteiger partial charge in [-0.15, -0.1) is 0 Å². The molecule has 21 heavy (non-hydrogen) atoms. The van der Waals surface area contributed by atoms with Crippen LogP contribution in [-0.4, -0.2) is 34.1 Å². The van der Waals surface area contributed by atoms with Crippen LogP contribution in [0, 0.1) is 5.92 Å². The molecule has 2 rings (SSSR count). The molecule has 0 spiro atoms. The van der Waals surface area contributed by atoms with Gasteiger partial charge in [-0.1, -0.05) is 13.8 Å². The Kier molecular flexibility index (Phi) is 5.55. The molecule has 1 fully saturated rings. The molecule has 0 aliphatic carbocycles. The van der Waals surface area contributed by atoms with E-state index in [4.69, 9.17) is 10.6 Å². The van der Waals surface area contributed by atoms with Crippen molar-refractivity contribution in [2.24, 2.45) is 11.8 Å². The third-order valence-corrected chi connectivity index (χ3v) is 3.48. The second-order valence-corrected chi connectivity index (χ2v) is 5.99. The molecule has 0 aromatic carbocycles. The number of hydrogen-bond acceptors (Lipinski definition) is 7. The van der Waals surface area contributed by atoms with Crippen molar-refractivity contribution in [2.75, 3.05) is 23.4 Å². The molecule has 1 aliphatic rings. The monoisotopic (exact) mass is 294 g/mol. The summed E-state index contributed by atoms with van der Waals surface area (Å²) in [5, 5.41) is 0. The Morgan fingerprint density at radius 3 is 2.48 bits per heavy atom. The maximum absolute atomic E-state index is 5.81. The molecule has 2 heterocycles. The molecule has 0 bridgehead atoms. The SMILES string of the molecule is CC(C)CC(C)Oc1nc(NN)nc(N2CCCCC2)n1. The fraction of sp³-hybridized carbons (Fsp3) is 0.786. The summed E-state index contributed by atoms with van der Waals surface area (Å²) in [4.78, 5) is 15.1. The summed E-state index contributed by atoms with van der Waals surface area (Å²) in [6.07, 6.45) is 4.61. The van der Waals surface area contributed by atoms with Crippen LogP contribution < -0.4 is 20.9 Å². The molecular formula is C14H26N6O. The van der Waals surface area contributed by atoms with Crippen LogP contribution in [0.1, 0.15) is 46.5 Å². The molecule has 1 saturated heterocycles. The zero-order valence-electron chi connectivity index (χ0n) is 13.2. The number of nitrogens with zero attached hydrogens (tertiary/aromatic N) is 4. The van der Waals surface area contributed by atoms with Crippen LogP contribution in [0.3, 0.4) is 0 Å². The van der Waals surface area contributed by atoms with Gasteiger partial charge in [-0.25, -0.2) is 5.84 Å². The van der Waals surface area contributed by atoms with E-state index in [0.29, 0.717) is 23.8 Å². The molecule has 0 saturated carbocycles. The van der Waals surface area contributed by atoms with Crippen molar-refractivity contribution in [3.8, 4) is 6.01 Å². The van der Waals surface area contributed by atoms with E-state index < -0.39 is 0 Å². The molecule has 1 aromatic heterocycles. The number of aromatic nitrogens is 3. The lowest BCUT2D eigenvalue weighted by Crippen LogP contribution is -2.32. The number of nitrogens with two attached hydrogens (primary N) is 1. The van der Waals surface area contributed by atoms with Crippen molar-refractivity contribution in [1.82, 2.24) is 15.0 Å². The predicted octanol–water partition coefficient (Wildman–Crippen LogP) is 1.96. The van der Waals surface area contributed by atoms with Gasteiger partial charge >= 0.3 is 6.01 Å². The van der Waals surface area contributed by atoms with E-state index >= 15 is 0 Å². The molecule has 1 aliphatic heterocycles. The third kappa shape index (κ3) is 4.70.